The number of carbonyl (C=O) groups is 10. The lowest BCUT2D eigenvalue weighted by atomic mass is 10.0. The van der Waals surface area contributed by atoms with Crippen LogP contribution in [0.2, 0.25) is 0 Å². The van der Waals surface area contributed by atoms with Crippen molar-refractivity contribution in [1.82, 2.24) is 46.6 Å². The van der Waals surface area contributed by atoms with Crippen LogP contribution in [0.1, 0.15) is 200 Å². The molecule has 488 valence electrons. The van der Waals surface area contributed by atoms with Gasteiger partial charge in [-0.1, -0.05) is 96.6 Å². The number of ether oxygens (including phenoxy) is 4. The summed E-state index contributed by atoms with van der Waals surface area (Å²) >= 11 is 0. The van der Waals surface area contributed by atoms with E-state index in [2.05, 4.69) is 46.6 Å². The number of carboxylic acid groups (broad SMARTS) is 3. The molecule has 1 rings (SSSR count). The highest BCUT2D eigenvalue weighted by molar-refractivity contribution is 7.90. The minimum absolute atomic E-state index is 0.00134. The molecule has 0 saturated heterocycles. The van der Waals surface area contributed by atoms with Gasteiger partial charge in [-0.05, 0) is 57.8 Å². The Hall–Kier alpha value is -6.04. The topological polar surface area (TPSA) is 417 Å². The molecule has 0 saturated carbocycles. The first-order valence-corrected chi connectivity index (χ1v) is 31.7. The summed E-state index contributed by atoms with van der Waals surface area (Å²) in [5.41, 5.74) is 0. The Kier molecular flexibility index (Phi) is 48.6. The van der Waals surface area contributed by atoms with Crippen molar-refractivity contribution in [2.45, 2.75) is 213 Å². The van der Waals surface area contributed by atoms with Crippen molar-refractivity contribution in [3.05, 3.63) is 5.82 Å². The second-order valence-electron chi connectivity index (χ2n) is 20.6. The molecule has 0 aliphatic rings. The summed E-state index contributed by atoms with van der Waals surface area (Å²) < 4.78 is 47.4. The molecular formula is C56H99N9O19S. The lowest BCUT2D eigenvalue weighted by Gasteiger charge is -2.15. The van der Waals surface area contributed by atoms with Crippen LogP contribution >= 0.6 is 0 Å². The highest BCUT2D eigenvalue weighted by atomic mass is 32.2. The van der Waals surface area contributed by atoms with Crippen LogP contribution in [0, 0.1) is 5.92 Å². The van der Waals surface area contributed by atoms with E-state index in [1.807, 2.05) is 6.92 Å². The van der Waals surface area contributed by atoms with Crippen LogP contribution in [0.15, 0.2) is 0 Å². The van der Waals surface area contributed by atoms with E-state index >= 15 is 0 Å². The van der Waals surface area contributed by atoms with E-state index in [0.29, 0.717) is 45.1 Å². The first-order valence-electron chi connectivity index (χ1n) is 30.1. The van der Waals surface area contributed by atoms with Crippen LogP contribution in [0.25, 0.3) is 0 Å². The second kappa shape index (κ2) is 52.3. The Labute approximate surface area is 500 Å². The van der Waals surface area contributed by atoms with Crippen LogP contribution in [0.4, 0.5) is 0 Å². The van der Waals surface area contributed by atoms with Gasteiger partial charge in [-0.15, -0.1) is 10.2 Å². The number of hydrogen-bond acceptors (Lipinski definition) is 19. The molecule has 0 bridgehead atoms. The lowest BCUT2D eigenvalue weighted by molar-refractivity contribution is -0.143. The summed E-state index contributed by atoms with van der Waals surface area (Å²) in [6.45, 7) is 6.29. The summed E-state index contributed by atoms with van der Waals surface area (Å²) in [6.07, 6.45) is 19.0. The molecule has 0 aromatic carbocycles. The number of aryl methyl sites for hydroxylation is 1. The maximum Gasteiger partial charge on any atom is 0.326 e. The number of aromatic amines is 1. The number of amides is 5. The van der Waals surface area contributed by atoms with Gasteiger partial charge < -0.3 is 55.5 Å². The maximum absolute atomic E-state index is 12.2. The fraction of sp³-hybridized carbons (Fsp3) is 0.804. The van der Waals surface area contributed by atoms with Gasteiger partial charge in [0.15, 0.2) is 11.6 Å². The summed E-state index contributed by atoms with van der Waals surface area (Å²) in [6, 6.07) is -2.13. The number of aliphatic carboxylic acids is 3. The van der Waals surface area contributed by atoms with Crippen LogP contribution in [-0.2, 0) is 83.3 Å². The molecule has 0 aliphatic heterocycles. The number of rotatable bonds is 56. The monoisotopic (exact) mass is 1230 g/mol. The zero-order chi connectivity index (χ0) is 63.4. The number of unbranched alkanes of at least 4 members (excludes halogenated alkanes) is 13. The summed E-state index contributed by atoms with van der Waals surface area (Å²) in [5.74, 6) is -5.89. The Balaban J connectivity index is 0.00000170. The van der Waals surface area contributed by atoms with E-state index in [0.717, 1.165) is 37.9 Å². The third kappa shape index (κ3) is 49.9. The van der Waals surface area contributed by atoms with Gasteiger partial charge in [0.25, 0.3) is 0 Å². The van der Waals surface area contributed by atoms with E-state index in [-0.39, 0.29) is 152 Å². The number of H-pyrrole nitrogens is 1. The van der Waals surface area contributed by atoms with Crippen molar-refractivity contribution in [3.63, 3.8) is 0 Å². The molecule has 1 aromatic rings. The minimum atomic E-state index is -3.79. The molecule has 3 unspecified atom stereocenters. The van der Waals surface area contributed by atoms with Gasteiger partial charge in [-0.3, -0.25) is 43.1 Å². The summed E-state index contributed by atoms with van der Waals surface area (Å²) in [4.78, 5) is 116. The van der Waals surface area contributed by atoms with E-state index < -0.39 is 57.7 Å². The number of nitrogens with zero attached hydrogens (tertiary/aromatic N) is 3. The molecule has 5 amide bonds. The molecule has 29 heteroatoms. The molecule has 85 heavy (non-hydrogen) atoms. The highest BCUT2D eigenvalue weighted by Crippen LogP contribution is 2.14. The van der Waals surface area contributed by atoms with E-state index in [4.69, 9.17) is 24.1 Å². The second-order valence-corrected chi connectivity index (χ2v) is 22.4. The fourth-order valence-electron chi connectivity index (χ4n) is 8.00. The van der Waals surface area contributed by atoms with Gasteiger partial charge in [0.2, 0.25) is 39.6 Å². The van der Waals surface area contributed by atoms with Gasteiger partial charge in [0.05, 0.1) is 44.7 Å². The maximum atomic E-state index is 12.2. The number of tetrazole rings is 1. The number of nitrogens with one attached hydrogen (secondary N) is 6. The van der Waals surface area contributed by atoms with E-state index in [9.17, 15) is 66.6 Å². The van der Waals surface area contributed by atoms with Gasteiger partial charge in [0.1, 0.15) is 31.1 Å². The lowest BCUT2D eigenvalue weighted by Crippen LogP contribution is -2.42. The summed E-state index contributed by atoms with van der Waals surface area (Å²) in [7, 11) is -3.79. The van der Waals surface area contributed by atoms with Gasteiger partial charge >= 0.3 is 17.9 Å². The molecule has 0 fully saturated rings. The van der Waals surface area contributed by atoms with Crippen LogP contribution in [0.3, 0.4) is 0 Å². The van der Waals surface area contributed by atoms with E-state index in [1.54, 1.807) is 6.92 Å². The zero-order valence-electron chi connectivity index (χ0n) is 50.4. The minimum Gasteiger partial charge on any atom is -0.481 e. The molecule has 0 spiro atoms. The predicted octanol–water partition coefficient (Wildman–Crippen LogP) is 4.04. The zero-order valence-corrected chi connectivity index (χ0v) is 51.2. The quantitative estimate of drug-likeness (QED) is 0.0415. The van der Waals surface area contributed by atoms with Crippen molar-refractivity contribution in [2.75, 3.05) is 71.7 Å². The van der Waals surface area contributed by atoms with Gasteiger partial charge in [-0.2, -0.15) is 5.21 Å². The number of carbonyl (C=O) groups excluding carboxylic acids is 7. The van der Waals surface area contributed by atoms with Crippen molar-refractivity contribution < 1.29 is 90.6 Å². The Bertz CT molecular complexity index is 2150. The van der Waals surface area contributed by atoms with Crippen molar-refractivity contribution >= 4 is 69.0 Å². The van der Waals surface area contributed by atoms with Crippen molar-refractivity contribution in [1.29, 1.82) is 0 Å². The van der Waals surface area contributed by atoms with Gasteiger partial charge in [-0.25, -0.2) is 18.0 Å². The van der Waals surface area contributed by atoms with Crippen LogP contribution in [0.5, 0.6) is 0 Å². The fourth-order valence-corrected chi connectivity index (χ4v) is 9.08. The molecule has 9 N–H and O–H groups in total. The molecule has 1 heterocycles. The number of Topliss-reactive ketones (excluding diaryl/α,β-unsaturated/α-hetero) is 2. The Morgan fingerprint density at radius 2 is 1.06 bits per heavy atom. The predicted molar refractivity (Wildman–Crippen MR) is 311 cm³/mol. The number of hydrogen-bond donors (Lipinski definition) is 9. The number of carboxylic acids is 3. The molecule has 0 radical (unpaired) electrons. The van der Waals surface area contributed by atoms with E-state index in [1.165, 1.54) is 58.3 Å². The molecular weight excluding hydrogens is 1130 g/mol. The average Bonchev–Trinajstić information content (AvgIpc) is 4.01. The third-order valence-electron chi connectivity index (χ3n) is 12.8. The summed E-state index contributed by atoms with van der Waals surface area (Å²) in [5, 5.41) is 51.3. The Morgan fingerprint density at radius 3 is 1.65 bits per heavy atom. The number of ketones is 2. The molecule has 3 atom stereocenters. The first-order chi connectivity index (χ1) is 40.7. The molecule has 28 nitrogen and oxygen atoms in total. The Morgan fingerprint density at radius 1 is 0.506 bits per heavy atom. The van der Waals surface area contributed by atoms with Gasteiger partial charge in [0, 0.05) is 71.1 Å². The average molecular weight is 1230 g/mol. The number of sulfonamides is 1. The standard InChI is InChI=1S/C31H56N6O9S.C25H43N3O10/c1-26(31(41)42)24-27(38)25-46-22-21-45-20-19-32-29(39)18-15-23-47(43,44)35-30(40)17-14-12-10-8-6-4-2-3-5-7-9-11-13-16-28-33-36-37-34-28;1-3-8-22(31)27-20(25(35)36)12-11-18(29)9-7-14-37-15-16-38-17-23(32)28-19(24(33)34)10-5-6-13-26-21(30)4-2/h26H,2-25H2,1H3,(H,32,39)(H,35,40)(H,41,42)(H,33,34,36,37);19-20H,3-17H2,1-2H3,(H,26,30)(H,27,31)(H,28,32)(H,33,34)(H,35,36). The van der Waals surface area contributed by atoms with Crippen LogP contribution < -0.4 is 26.0 Å². The smallest absolute Gasteiger partial charge is 0.326 e. The SMILES string of the molecule is CC(CC(=O)COCCOCCNC(=O)CCCS(=O)(=O)NC(=O)CCCCCCCCCCCCCCCc1nn[nH]n1)C(=O)O.CCCC(=O)NC(CCC(=O)CCCOCCOCC(=O)NC(CCCCNC(=O)CC)C(=O)O)C(=O)O. The highest BCUT2D eigenvalue weighted by Gasteiger charge is 2.22. The van der Waals surface area contributed by atoms with Crippen molar-refractivity contribution in [2.24, 2.45) is 5.92 Å². The molecule has 0 aliphatic carbocycles. The number of aromatic nitrogens is 4. The molecule has 1 aromatic heterocycles. The van der Waals surface area contributed by atoms with Crippen molar-refractivity contribution in [3.8, 4) is 0 Å². The van der Waals surface area contributed by atoms with Crippen LogP contribution in [-0.4, -0.2) is 187 Å². The largest absolute Gasteiger partial charge is 0.481 e. The normalized spacial score (nSPS) is 12.2. The first kappa shape index (κ1) is 79.0. The third-order valence-corrected chi connectivity index (χ3v) is 14.2.